The summed E-state index contributed by atoms with van der Waals surface area (Å²) in [5.74, 6) is -1.55. The van der Waals surface area contributed by atoms with E-state index in [4.69, 9.17) is 0 Å². The molecule has 0 radical (unpaired) electrons. The molecule has 1 aromatic carbocycles. The molecule has 122 valence electrons. The van der Waals surface area contributed by atoms with E-state index in [0.717, 1.165) is 5.56 Å². The number of carboxylic acid groups (broad SMARTS) is 1. The third-order valence-corrected chi connectivity index (χ3v) is 5.77. The first kappa shape index (κ1) is 15.9. The molecule has 0 spiro atoms. The molecule has 0 unspecified atom stereocenters. The Morgan fingerprint density at radius 1 is 1.30 bits per heavy atom. The van der Waals surface area contributed by atoms with Crippen LogP contribution in [0, 0.1) is 0 Å². The van der Waals surface area contributed by atoms with Gasteiger partial charge in [0.15, 0.2) is 0 Å². The SMILES string of the molecule is [14CH3][14C]1([14CH3])S[14C@@H]2[14C@H](NC(=O)[14CH2][14c]3[14cH][14cH][14cH][14cH][14cH]3)[14C](=O)N2[14C@H]1C(=O)O. The van der Waals surface area contributed by atoms with Crippen molar-refractivity contribution < 1.29 is 19.5 Å². The molecule has 2 saturated heterocycles. The molecule has 7 heteroatoms. The number of aliphatic carboxylic acids is 1. The van der Waals surface area contributed by atoms with Gasteiger partial charge in [-0.1, -0.05) is 30.3 Å². The third-order valence-electron chi connectivity index (χ3n) is 4.20. The normalized spacial score (nSPS) is 28.0. The zero-order chi connectivity index (χ0) is 16.8. The molecule has 2 amide bonds. The number of carbonyl (C=O) groups is 3. The number of carboxylic acids is 1. The lowest BCUT2D eigenvalue weighted by Crippen LogP contribution is -2.70. The number of hydrogen-bond acceptors (Lipinski definition) is 4. The molecular weight excluding hydrogens is 344 g/mol. The average molecular weight is 362 g/mol. The van der Waals surface area contributed by atoms with Crippen molar-refractivity contribution in [3.63, 3.8) is 0 Å². The quantitative estimate of drug-likeness (QED) is 0.776. The van der Waals surface area contributed by atoms with E-state index in [2.05, 4.69) is 5.32 Å². The van der Waals surface area contributed by atoms with Gasteiger partial charge >= 0.3 is 5.97 Å². The first-order valence-corrected chi connectivity index (χ1v) is 8.25. The van der Waals surface area contributed by atoms with Crippen LogP contribution in [0.4, 0.5) is 0 Å². The summed E-state index contributed by atoms with van der Waals surface area (Å²) in [5, 5.41) is 11.8. The second-order valence-corrected chi connectivity index (χ2v) is 8.08. The number of thioether (sulfide) groups is 1. The fraction of sp³-hybridized carbons (Fsp3) is 0.438. The van der Waals surface area contributed by atoms with Crippen molar-refractivity contribution in [2.45, 2.75) is 42.5 Å². The summed E-state index contributed by atoms with van der Waals surface area (Å²) in [5.41, 5.74) is 0.872. The van der Waals surface area contributed by atoms with Crippen molar-refractivity contribution >= 4 is 29.5 Å². The zero-order valence-corrected chi connectivity index (χ0v) is 13.7. The number of nitrogens with one attached hydrogen (secondary N) is 1. The molecule has 2 N–H and O–H groups in total. The van der Waals surface area contributed by atoms with Gasteiger partial charge in [0, 0.05) is 4.75 Å². The van der Waals surface area contributed by atoms with Gasteiger partial charge in [0.2, 0.25) is 11.8 Å². The second kappa shape index (κ2) is 5.56. The van der Waals surface area contributed by atoms with Gasteiger partial charge in [-0.2, -0.15) is 0 Å². The molecule has 3 rings (SSSR count). The molecule has 23 heavy (non-hydrogen) atoms. The van der Waals surface area contributed by atoms with Gasteiger partial charge in [-0.3, -0.25) is 9.59 Å². The van der Waals surface area contributed by atoms with Crippen LogP contribution in [0.3, 0.4) is 0 Å². The van der Waals surface area contributed by atoms with E-state index < -0.39 is 22.8 Å². The predicted molar refractivity (Wildman–Crippen MR) is 85.8 cm³/mol. The van der Waals surface area contributed by atoms with Crippen molar-refractivity contribution in [2.75, 3.05) is 0 Å². The number of hydrogen-bond donors (Lipinski definition) is 2. The maximum absolute atomic E-state index is 12.3. The summed E-state index contributed by atoms with van der Waals surface area (Å²) in [4.78, 5) is 37.2. The van der Waals surface area contributed by atoms with Crippen molar-refractivity contribution in [1.82, 2.24) is 10.2 Å². The third kappa shape index (κ3) is 2.69. The van der Waals surface area contributed by atoms with Gasteiger partial charge in [-0.05, 0) is 19.4 Å². The van der Waals surface area contributed by atoms with E-state index in [1.165, 1.54) is 16.7 Å². The number of rotatable bonds is 4. The number of β-lactam (4-membered cyclic amide) rings is 1. The van der Waals surface area contributed by atoms with Crippen molar-refractivity contribution in [3.8, 4) is 0 Å². The summed E-state index contributed by atoms with van der Waals surface area (Å²) < 4.78 is -0.578. The molecule has 1 aromatic rings. The first-order chi connectivity index (χ1) is 10.8. The Balaban J connectivity index is 1.66. The van der Waals surface area contributed by atoms with Crippen LogP contribution in [-0.2, 0) is 20.8 Å². The minimum Gasteiger partial charge on any atom is -0.480 e. The molecule has 0 aliphatic carbocycles. The summed E-state index contributed by atoms with van der Waals surface area (Å²) in [6, 6.07) is 7.78. The van der Waals surface area contributed by atoms with Gasteiger partial charge in [-0.25, -0.2) is 4.79 Å². The number of amides is 2. The van der Waals surface area contributed by atoms with Gasteiger partial charge in [0.05, 0.1) is 6.42 Å². The summed E-state index contributed by atoms with van der Waals surface area (Å²) in [7, 11) is 0. The Labute approximate surface area is 138 Å². The molecule has 2 aliphatic rings. The largest absolute Gasteiger partial charge is 0.480 e. The number of carbonyl (C=O) groups excluding carboxylic acids is 2. The van der Waals surface area contributed by atoms with Crippen LogP contribution in [0.5, 0.6) is 0 Å². The van der Waals surface area contributed by atoms with Crippen molar-refractivity contribution in [1.29, 1.82) is 0 Å². The fourth-order valence-corrected chi connectivity index (χ4v) is 4.78. The highest BCUT2D eigenvalue weighted by Gasteiger charge is 2.64. The number of nitrogens with zero attached hydrogens (tertiary/aromatic N) is 1. The fourth-order valence-electron chi connectivity index (χ4n) is 3.15. The highest BCUT2D eigenvalue weighted by Crippen LogP contribution is 2.50. The maximum Gasteiger partial charge on any atom is 0.327 e. The lowest BCUT2D eigenvalue weighted by molar-refractivity contribution is -0.161. The van der Waals surface area contributed by atoms with Crippen LogP contribution >= 0.6 is 11.8 Å². The summed E-state index contributed by atoms with van der Waals surface area (Å²) in [6.45, 7) is 3.62. The van der Waals surface area contributed by atoms with Crippen molar-refractivity contribution in [2.24, 2.45) is 0 Å². The molecule has 0 aromatic heterocycles. The van der Waals surface area contributed by atoms with Crippen LogP contribution in [0.15, 0.2) is 30.3 Å². The number of fused-ring (bicyclic) bond motifs is 1. The Hall–Kier alpha value is -2.02. The van der Waals surface area contributed by atoms with E-state index in [-0.39, 0.29) is 23.6 Å². The van der Waals surface area contributed by atoms with Crippen LogP contribution in [0.25, 0.3) is 0 Å². The minimum atomic E-state index is -1.01. The van der Waals surface area contributed by atoms with E-state index in [1.807, 2.05) is 44.2 Å². The van der Waals surface area contributed by atoms with Gasteiger partial charge in [-0.15, -0.1) is 11.8 Å². The van der Waals surface area contributed by atoms with Gasteiger partial charge in [0.25, 0.3) is 0 Å². The van der Waals surface area contributed by atoms with Gasteiger partial charge < -0.3 is 15.3 Å². The molecule has 2 aliphatic heterocycles. The molecule has 0 saturated carbocycles. The highest BCUT2D eigenvalue weighted by molar-refractivity contribution is 8.01. The average Bonchev–Trinajstić information content (AvgIpc) is 2.74. The number of benzene rings is 1. The first-order valence-electron chi connectivity index (χ1n) is 7.37. The van der Waals surface area contributed by atoms with Gasteiger partial charge in [0.1, 0.15) is 17.5 Å². The van der Waals surface area contributed by atoms with Crippen LogP contribution in [0.2, 0.25) is 0 Å². The molecule has 2 heterocycles. The topological polar surface area (TPSA) is 86.7 Å². The molecule has 6 nitrogen and oxygen atoms in total. The predicted octanol–water partition coefficient (Wildman–Crippen LogP) is 0.861. The Morgan fingerprint density at radius 2 is 1.96 bits per heavy atom. The summed E-state index contributed by atoms with van der Waals surface area (Å²) >= 11 is 1.42. The Morgan fingerprint density at radius 3 is 2.57 bits per heavy atom. The zero-order valence-electron chi connectivity index (χ0n) is 12.9. The Kier molecular flexibility index (Phi) is 3.83. The van der Waals surface area contributed by atoms with E-state index in [0.29, 0.717) is 0 Å². The maximum atomic E-state index is 12.3. The Bertz CT molecular complexity index is 661. The van der Waals surface area contributed by atoms with Crippen LogP contribution in [-0.4, -0.2) is 50.0 Å². The second-order valence-electron chi connectivity index (χ2n) is 6.31. The van der Waals surface area contributed by atoms with Crippen molar-refractivity contribution in [3.05, 3.63) is 35.9 Å². The lowest BCUT2D eigenvalue weighted by Gasteiger charge is -2.43. The van der Waals surface area contributed by atoms with E-state index >= 15 is 0 Å². The van der Waals surface area contributed by atoms with Crippen LogP contribution in [0.1, 0.15) is 19.4 Å². The monoisotopic (exact) mass is 362 g/mol. The van der Waals surface area contributed by atoms with E-state index in [1.54, 1.807) is 0 Å². The highest BCUT2D eigenvalue weighted by atomic mass is 32.2. The molecule has 2 fully saturated rings. The lowest BCUT2D eigenvalue weighted by atomic mass is 11.1. The molecule has 0 bridgehead atoms. The standard InChI is InChI=1S/C16H18N2O4S/c1-16(2)12(15(21)22)18-13(20)11(14(18)23-16)17-10(19)8-9-6-4-3-5-7-9/h3-7,11-12,14H,8H2,1-2H3,(H,17,19)(H,21,22)/t11-,12+,14-/m1/s1/i1+2,2+2,3+2,4+2,5+2,6+2,7+2,8+2,9+2,11+2,12+2,13+2,14+2,16+2. The van der Waals surface area contributed by atoms with Crippen LogP contribution < -0.4 is 5.32 Å². The summed E-state index contributed by atoms with van der Waals surface area (Å²) in [6.07, 6.45) is 0.202. The molecule has 3 atom stereocenters. The smallest absolute Gasteiger partial charge is 0.327 e. The van der Waals surface area contributed by atoms with E-state index in [9.17, 15) is 19.5 Å². The molecular formula is C16H18N2O4S. The minimum absolute atomic E-state index is 0.202.